The molecule has 0 unspecified atom stereocenters. The first-order chi connectivity index (χ1) is 8.88. The first-order valence-corrected chi connectivity index (χ1v) is 6.95. The van der Waals surface area contributed by atoms with Gasteiger partial charge >= 0.3 is 0 Å². The molecule has 0 N–H and O–H groups in total. The molecule has 1 fully saturated rings. The fourth-order valence-electron chi connectivity index (χ4n) is 3.23. The zero-order valence-electron chi connectivity index (χ0n) is 11.0. The monoisotopic (exact) mass is 243 g/mol. The second-order valence-corrected chi connectivity index (χ2v) is 5.25. The van der Waals surface area contributed by atoms with E-state index >= 15 is 0 Å². The normalized spacial score (nSPS) is 27.8. The Hall–Kier alpha value is -1.28. The lowest BCUT2D eigenvalue weighted by atomic mass is 9.90. The van der Waals surface area contributed by atoms with Crippen molar-refractivity contribution in [3.8, 4) is 5.75 Å². The summed E-state index contributed by atoms with van der Waals surface area (Å²) < 4.78 is 5.24. The number of fused-ring (bicyclic) bond motifs is 1. The largest absolute Gasteiger partial charge is 0.497 e. The third-order valence-corrected chi connectivity index (χ3v) is 4.21. The van der Waals surface area contributed by atoms with Gasteiger partial charge in [0.25, 0.3) is 0 Å². The molecule has 1 saturated heterocycles. The topological polar surface area (TPSA) is 12.5 Å². The molecule has 96 valence electrons. The molecule has 0 spiro atoms. The molecule has 18 heavy (non-hydrogen) atoms. The number of methoxy groups -OCH3 is 1. The summed E-state index contributed by atoms with van der Waals surface area (Å²) in [5, 5.41) is 0. The quantitative estimate of drug-likeness (QED) is 0.736. The molecule has 2 aliphatic heterocycles. The van der Waals surface area contributed by atoms with Crippen LogP contribution in [0.25, 0.3) is 0 Å². The average molecular weight is 243 g/mol. The number of piperidine rings is 1. The van der Waals surface area contributed by atoms with Crippen LogP contribution in [0.1, 0.15) is 37.3 Å². The Labute approximate surface area is 109 Å². The highest BCUT2D eigenvalue weighted by molar-refractivity contribution is 5.30. The maximum atomic E-state index is 5.24. The van der Waals surface area contributed by atoms with Gasteiger partial charge in [0, 0.05) is 12.1 Å². The van der Waals surface area contributed by atoms with E-state index in [2.05, 4.69) is 41.3 Å². The van der Waals surface area contributed by atoms with Crippen LogP contribution >= 0.6 is 0 Å². The van der Waals surface area contributed by atoms with Gasteiger partial charge in [-0.25, -0.2) is 0 Å². The zero-order chi connectivity index (χ0) is 12.4. The molecule has 0 amide bonds. The van der Waals surface area contributed by atoms with E-state index in [-0.39, 0.29) is 0 Å². The highest BCUT2D eigenvalue weighted by Crippen LogP contribution is 2.35. The number of hydrogen-bond donors (Lipinski definition) is 0. The van der Waals surface area contributed by atoms with Crippen molar-refractivity contribution in [2.75, 3.05) is 13.7 Å². The first-order valence-electron chi connectivity index (χ1n) is 6.95. The van der Waals surface area contributed by atoms with Crippen LogP contribution in [0.4, 0.5) is 0 Å². The van der Waals surface area contributed by atoms with Gasteiger partial charge in [-0.2, -0.15) is 0 Å². The lowest BCUT2D eigenvalue weighted by Gasteiger charge is -2.42. The summed E-state index contributed by atoms with van der Waals surface area (Å²) in [5.41, 5.74) is 1.42. The minimum absolute atomic E-state index is 0.561. The fourth-order valence-corrected chi connectivity index (χ4v) is 3.23. The molecule has 0 saturated carbocycles. The summed E-state index contributed by atoms with van der Waals surface area (Å²) in [6.07, 6.45) is 9.95. The predicted molar refractivity (Wildman–Crippen MR) is 73.8 cm³/mol. The van der Waals surface area contributed by atoms with Crippen LogP contribution in [0.15, 0.2) is 36.4 Å². The van der Waals surface area contributed by atoms with Crippen LogP contribution in [-0.4, -0.2) is 24.6 Å². The maximum absolute atomic E-state index is 5.24. The molecule has 0 radical (unpaired) electrons. The van der Waals surface area contributed by atoms with Crippen LogP contribution < -0.4 is 4.74 Å². The van der Waals surface area contributed by atoms with Crippen molar-refractivity contribution in [3.63, 3.8) is 0 Å². The third-order valence-electron chi connectivity index (χ3n) is 4.21. The standard InChI is InChI=1S/C16H21NO/c1-18-15-10-8-13(9-11-15)16-7-4-6-14-5-2-3-12-17(14)16/h4,6,8-11,14,16H,2-3,5,7,12H2,1H3/t14-,16+/m0/s1. The molecule has 2 heteroatoms. The van der Waals surface area contributed by atoms with Gasteiger partial charge in [-0.15, -0.1) is 0 Å². The van der Waals surface area contributed by atoms with Gasteiger partial charge in [-0.3, -0.25) is 4.90 Å². The first kappa shape index (κ1) is 11.8. The van der Waals surface area contributed by atoms with E-state index < -0.39 is 0 Å². The lowest BCUT2D eigenvalue weighted by Crippen LogP contribution is -2.42. The molecule has 0 bridgehead atoms. The molecule has 2 aliphatic rings. The van der Waals surface area contributed by atoms with Crippen molar-refractivity contribution in [1.29, 1.82) is 0 Å². The number of nitrogens with zero attached hydrogens (tertiary/aromatic N) is 1. The number of rotatable bonds is 2. The second-order valence-electron chi connectivity index (χ2n) is 5.25. The minimum Gasteiger partial charge on any atom is -0.497 e. The molecule has 0 aliphatic carbocycles. The Kier molecular flexibility index (Phi) is 3.37. The molecular formula is C16H21NO. The molecule has 1 aromatic carbocycles. The van der Waals surface area contributed by atoms with Gasteiger partial charge in [-0.05, 0) is 43.5 Å². The number of hydrogen-bond acceptors (Lipinski definition) is 2. The van der Waals surface area contributed by atoms with Crippen molar-refractivity contribution in [2.45, 2.75) is 37.8 Å². The highest BCUT2D eigenvalue weighted by Gasteiger charge is 2.30. The van der Waals surface area contributed by atoms with Gasteiger partial charge in [0.1, 0.15) is 5.75 Å². The van der Waals surface area contributed by atoms with Crippen molar-refractivity contribution in [1.82, 2.24) is 4.90 Å². The van der Waals surface area contributed by atoms with Gasteiger partial charge in [0.05, 0.1) is 7.11 Å². The van der Waals surface area contributed by atoms with Crippen molar-refractivity contribution in [2.24, 2.45) is 0 Å². The molecule has 1 aromatic rings. The smallest absolute Gasteiger partial charge is 0.118 e. The van der Waals surface area contributed by atoms with Crippen molar-refractivity contribution in [3.05, 3.63) is 42.0 Å². The van der Waals surface area contributed by atoms with Crippen molar-refractivity contribution >= 4 is 0 Å². The molecular weight excluding hydrogens is 222 g/mol. The van der Waals surface area contributed by atoms with Crippen molar-refractivity contribution < 1.29 is 4.74 Å². The van der Waals surface area contributed by atoms with Gasteiger partial charge in [0.15, 0.2) is 0 Å². The molecule has 0 aromatic heterocycles. The molecule has 2 atom stereocenters. The van der Waals surface area contributed by atoms with E-state index in [0.29, 0.717) is 12.1 Å². The van der Waals surface area contributed by atoms with Gasteiger partial charge in [0.2, 0.25) is 0 Å². The minimum atomic E-state index is 0.561. The lowest BCUT2D eigenvalue weighted by molar-refractivity contribution is 0.113. The van der Waals surface area contributed by atoms with Crippen LogP contribution in [0.2, 0.25) is 0 Å². The summed E-state index contributed by atoms with van der Waals surface area (Å²) in [7, 11) is 1.72. The summed E-state index contributed by atoms with van der Waals surface area (Å²) in [5.74, 6) is 0.945. The Morgan fingerprint density at radius 2 is 2.00 bits per heavy atom. The van der Waals surface area contributed by atoms with E-state index in [0.717, 1.165) is 12.2 Å². The Morgan fingerprint density at radius 3 is 2.78 bits per heavy atom. The van der Waals surface area contributed by atoms with Crippen LogP contribution in [0.5, 0.6) is 5.75 Å². The van der Waals surface area contributed by atoms with E-state index in [4.69, 9.17) is 4.74 Å². The van der Waals surface area contributed by atoms with E-state index in [1.54, 1.807) is 7.11 Å². The van der Waals surface area contributed by atoms with Crippen LogP contribution in [0, 0.1) is 0 Å². The maximum Gasteiger partial charge on any atom is 0.118 e. The summed E-state index contributed by atoms with van der Waals surface area (Å²) in [6.45, 7) is 1.24. The van der Waals surface area contributed by atoms with Gasteiger partial charge < -0.3 is 4.74 Å². The second kappa shape index (κ2) is 5.15. The van der Waals surface area contributed by atoms with Crippen LogP contribution in [0.3, 0.4) is 0 Å². The van der Waals surface area contributed by atoms with E-state index in [1.165, 1.54) is 31.4 Å². The van der Waals surface area contributed by atoms with E-state index in [1.807, 2.05) is 0 Å². The predicted octanol–water partition coefficient (Wildman–Crippen LogP) is 3.55. The molecule has 3 rings (SSSR count). The number of benzene rings is 1. The zero-order valence-corrected chi connectivity index (χ0v) is 11.0. The van der Waals surface area contributed by atoms with Gasteiger partial charge in [-0.1, -0.05) is 30.7 Å². The Balaban J connectivity index is 1.83. The fraction of sp³-hybridized carbons (Fsp3) is 0.500. The third kappa shape index (κ3) is 2.17. The highest BCUT2D eigenvalue weighted by atomic mass is 16.5. The van der Waals surface area contributed by atoms with E-state index in [9.17, 15) is 0 Å². The Bertz CT molecular complexity index is 423. The number of ether oxygens (including phenoxy) is 1. The molecule has 2 nitrogen and oxygen atoms in total. The van der Waals surface area contributed by atoms with Crippen LogP contribution in [-0.2, 0) is 0 Å². The molecule has 2 heterocycles. The Morgan fingerprint density at radius 1 is 1.17 bits per heavy atom. The summed E-state index contributed by atoms with van der Waals surface area (Å²) in [4.78, 5) is 2.67. The summed E-state index contributed by atoms with van der Waals surface area (Å²) >= 11 is 0. The average Bonchev–Trinajstić information content (AvgIpc) is 2.47. The SMILES string of the molecule is COc1ccc([C@H]2CC=C[C@@H]3CCCCN32)cc1. The summed E-state index contributed by atoms with van der Waals surface area (Å²) in [6, 6.07) is 9.81.